The zero-order valence-corrected chi connectivity index (χ0v) is 25.6. The van der Waals surface area contributed by atoms with E-state index in [1.165, 1.54) is 35.6 Å². The first-order chi connectivity index (χ1) is 18.6. The summed E-state index contributed by atoms with van der Waals surface area (Å²) in [5, 5.41) is 2.52. The normalized spacial score (nSPS) is 14.2. The molecule has 1 N–H and O–H groups in total. The van der Waals surface area contributed by atoms with E-state index in [1.807, 2.05) is 24.3 Å². The maximum absolute atomic E-state index is 12.8. The maximum atomic E-state index is 12.8. The predicted octanol–water partition coefficient (Wildman–Crippen LogP) is 8.46. The van der Waals surface area contributed by atoms with E-state index in [-0.39, 0.29) is 20.0 Å². The van der Waals surface area contributed by atoms with Gasteiger partial charge in [0.15, 0.2) is 0 Å². The molecule has 2 aromatic carbocycles. The number of carbonyl (C=O) groups excluding carboxylic acids is 1. The molecule has 2 aromatic heterocycles. The second-order valence-electron chi connectivity index (χ2n) is 9.69. The molecule has 39 heavy (non-hydrogen) atoms. The molecule has 0 spiro atoms. The van der Waals surface area contributed by atoms with Gasteiger partial charge in [0.1, 0.15) is 8.55 Å². The molecule has 0 saturated carbocycles. The molecule has 0 bridgehead atoms. The third kappa shape index (κ3) is 6.29. The van der Waals surface area contributed by atoms with Crippen molar-refractivity contribution in [3.05, 3.63) is 84.3 Å². The molecular formula is C28H26Cl4N2O3S2. The number of para-hydroxylation sites is 1. The van der Waals surface area contributed by atoms with Crippen LogP contribution in [0.4, 0.5) is 0 Å². The SMILES string of the molecule is O=C(CCc1cccc2c3c(n(Cc4ccc(Cl)cc4Cl)c12)CCCCCC3)NS(=O)(=O)c1cc(Cl)c(Cl)s1. The lowest BCUT2D eigenvalue weighted by Gasteiger charge is -2.17. The molecule has 0 atom stereocenters. The van der Waals surface area contributed by atoms with Crippen LogP contribution in [0.2, 0.25) is 19.4 Å². The van der Waals surface area contributed by atoms with E-state index in [4.69, 9.17) is 46.4 Å². The molecule has 0 radical (unpaired) electrons. The molecule has 0 saturated heterocycles. The number of benzene rings is 2. The van der Waals surface area contributed by atoms with Gasteiger partial charge in [-0.15, -0.1) is 11.3 Å². The molecule has 0 aliphatic heterocycles. The predicted molar refractivity (Wildman–Crippen MR) is 161 cm³/mol. The van der Waals surface area contributed by atoms with Crippen LogP contribution in [0.1, 0.15) is 54.5 Å². The van der Waals surface area contributed by atoms with Gasteiger partial charge in [-0.25, -0.2) is 13.1 Å². The lowest BCUT2D eigenvalue weighted by molar-refractivity contribution is -0.119. The van der Waals surface area contributed by atoms with Crippen molar-refractivity contribution >= 4 is 84.6 Å². The molecule has 206 valence electrons. The Hall–Kier alpha value is -1.74. The molecule has 4 aromatic rings. The summed E-state index contributed by atoms with van der Waals surface area (Å²) in [5.41, 5.74) is 5.69. The molecule has 0 unspecified atom stereocenters. The van der Waals surface area contributed by atoms with Gasteiger partial charge in [-0.3, -0.25) is 4.79 Å². The summed E-state index contributed by atoms with van der Waals surface area (Å²) in [6.45, 7) is 0.583. The summed E-state index contributed by atoms with van der Waals surface area (Å²) < 4.78 is 29.9. The van der Waals surface area contributed by atoms with Gasteiger partial charge in [-0.2, -0.15) is 0 Å². The lowest BCUT2D eigenvalue weighted by Crippen LogP contribution is -2.30. The minimum Gasteiger partial charge on any atom is -0.340 e. The molecule has 1 amide bonds. The summed E-state index contributed by atoms with van der Waals surface area (Å²) in [4.78, 5) is 12.8. The summed E-state index contributed by atoms with van der Waals surface area (Å²) in [6.07, 6.45) is 7.01. The minimum absolute atomic E-state index is 0.00271. The van der Waals surface area contributed by atoms with Gasteiger partial charge >= 0.3 is 0 Å². The summed E-state index contributed by atoms with van der Waals surface area (Å²) in [7, 11) is -4.06. The Bertz CT molecular complexity index is 1640. The average molecular weight is 644 g/mol. The molecule has 2 heterocycles. The fraction of sp³-hybridized carbons (Fsp3) is 0.321. The van der Waals surface area contributed by atoms with E-state index in [0.717, 1.165) is 53.7 Å². The van der Waals surface area contributed by atoms with Gasteiger partial charge in [0.05, 0.1) is 10.5 Å². The quantitative estimate of drug-likeness (QED) is 0.220. The first-order valence-corrected chi connectivity index (χ1v) is 16.5. The zero-order valence-electron chi connectivity index (χ0n) is 20.9. The molecule has 0 fully saturated rings. The number of fused-ring (bicyclic) bond motifs is 3. The molecule has 11 heteroatoms. The van der Waals surface area contributed by atoms with E-state index in [9.17, 15) is 13.2 Å². The second kappa shape index (κ2) is 12.0. The largest absolute Gasteiger partial charge is 0.340 e. The van der Waals surface area contributed by atoms with Crippen molar-refractivity contribution in [2.45, 2.75) is 62.1 Å². The van der Waals surface area contributed by atoms with Crippen LogP contribution in [0.3, 0.4) is 0 Å². The van der Waals surface area contributed by atoms with Crippen LogP contribution < -0.4 is 4.72 Å². The second-order valence-corrected chi connectivity index (χ2v) is 14.5. The van der Waals surface area contributed by atoms with Gasteiger partial charge in [-0.05, 0) is 67.0 Å². The summed E-state index contributed by atoms with van der Waals surface area (Å²) >= 11 is 25.4. The van der Waals surface area contributed by atoms with Crippen LogP contribution in [-0.4, -0.2) is 18.9 Å². The first kappa shape index (κ1) is 28.8. The van der Waals surface area contributed by atoms with Gasteiger partial charge in [0, 0.05) is 34.1 Å². The van der Waals surface area contributed by atoms with Crippen molar-refractivity contribution in [3.63, 3.8) is 0 Å². The van der Waals surface area contributed by atoms with E-state index in [0.29, 0.717) is 23.0 Å². The first-order valence-electron chi connectivity index (χ1n) is 12.7. The monoisotopic (exact) mass is 642 g/mol. The van der Waals surface area contributed by atoms with Gasteiger partial charge in [0.2, 0.25) is 5.91 Å². The Labute approximate surface area is 252 Å². The Morgan fingerprint density at radius 3 is 2.41 bits per heavy atom. The highest BCUT2D eigenvalue weighted by molar-refractivity contribution is 7.92. The van der Waals surface area contributed by atoms with E-state index < -0.39 is 15.9 Å². The lowest BCUT2D eigenvalue weighted by atomic mass is 9.96. The fourth-order valence-corrected chi connectivity index (χ4v) is 8.64. The number of aromatic nitrogens is 1. The van der Waals surface area contributed by atoms with Crippen molar-refractivity contribution in [2.75, 3.05) is 0 Å². The summed E-state index contributed by atoms with van der Waals surface area (Å²) in [6, 6.07) is 13.0. The zero-order chi connectivity index (χ0) is 27.7. The number of nitrogens with zero attached hydrogens (tertiary/aromatic N) is 1. The molecule has 1 aliphatic rings. The van der Waals surface area contributed by atoms with E-state index in [2.05, 4.69) is 15.4 Å². The number of hydrogen-bond acceptors (Lipinski definition) is 4. The van der Waals surface area contributed by atoms with Crippen LogP contribution in [-0.2, 0) is 40.6 Å². The Kier molecular flexibility index (Phi) is 8.86. The number of halogens is 4. The minimum atomic E-state index is -4.06. The number of amides is 1. The topological polar surface area (TPSA) is 68.2 Å². The van der Waals surface area contributed by atoms with Crippen molar-refractivity contribution < 1.29 is 13.2 Å². The smallest absolute Gasteiger partial charge is 0.273 e. The Morgan fingerprint density at radius 1 is 0.923 bits per heavy atom. The van der Waals surface area contributed by atoms with Crippen LogP contribution in [0, 0.1) is 0 Å². The maximum Gasteiger partial charge on any atom is 0.273 e. The van der Waals surface area contributed by atoms with Crippen molar-refractivity contribution in [1.29, 1.82) is 0 Å². The third-order valence-corrected chi connectivity index (χ3v) is 11.4. The van der Waals surface area contributed by atoms with Gasteiger partial charge in [0.25, 0.3) is 10.0 Å². The third-order valence-electron chi connectivity index (χ3n) is 7.08. The standard InChI is InChI=1S/C28H26Cl4N2O3S2/c29-19-12-10-18(22(30)14-19)16-34-24-9-4-2-1-3-7-20(24)21-8-5-6-17(27(21)34)11-13-25(35)33-39(36,37)26-15-23(31)28(32)38-26/h5-6,8,10,12,14-15H,1-4,7,9,11,13,16H2,(H,33,35). The highest BCUT2D eigenvalue weighted by Crippen LogP contribution is 2.36. The number of carbonyl (C=O) groups is 1. The van der Waals surface area contributed by atoms with Crippen LogP contribution in [0.15, 0.2) is 46.7 Å². The average Bonchev–Trinajstić information content (AvgIpc) is 3.35. The van der Waals surface area contributed by atoms with E-state index in [1.54, 1.807) is 6.07 Å². The number of nitrogens with one attached hydrogen (secondary N) is 1. The number of hydrogen-bond donors (Lipinski definition) is 1. The fourth-order valence-electron chi connectivity index (χ4n) is 5.27. The van der Waals surface area contributed by atoms with Crippen LogP contribution >= 0.6 is 57.7 Å². The van der Waals surface area contributed by atoms with Crippen molar-refractivity contribution in [2.24, 2.45) is 0 Å². The number of sulfonamides is 1. The number of aryl methyl sites for hydroxylation is 2. The molecule has 5 nitrogen and oxygen atoms in total. The van der Waals surface area contributed by atoms with Gasteiger partial charge in [-0.1, -0.05) is 83.5 Å². The highest BCUT2D eigenvalue weighted by Gasteiger charge is 2.24. The van der Waals surface area contributed by atoms with Crippen LogP contribution in [0.25, 0.3) is 10.9 Å². The molecular weight excluding hydrogens is 618 g/mol. The highest BCUT2D eigenvalue weighted by atomic mass is 35.5. The van der Waals surface area contributed by atoms with Gasteiger partial charge < -0.3 is 4.57 Å². The Morgan fingerprint density at radius 2 is 1.69 bits per heavy atom. The Balaban J connectivity index is 1.47. The molecule has 5 rings (SSSR count). The molecule has 1 aliphatic carbocycles. The number of thiophene rings is 1. The van der Waals surface area contributed by atoms with Crippen molar-refractivity contribution in [1.82, 2.24) is 9.29 Å². The number of rotatable bonds is 7. The summed E-state index contributed by atoms with van der Waals surface area (Å²) in [5.74, 6) is -0.593. The van der Waals surface area contributed by atoms with E-state index >= 15 is 0 Å². The van der Waals surface area contributed by atoms with Crippen LogP contribution in [0.5, 0.6) is 0 Å². The van der Waals surface area contributed by atoms with Crippen molar-refractivity contribution in [3.8, 4) is 0 Å².